The van der Waals surface area contributed by atoms with E-state index in [9.17, 15) is 0 Å². The van der Waals surface area contributed by atoms with Crippen LogP contribution in [0.25, 0.3) is 5.73 Å². The maximum atomic E-state index is 6.21. The molecule has 0 aliphatic rings. The van der Waals surface area contributed by atoms with Gasteiger partial charge in [0.2, 0.25) is 0 Å². The van der Waals surface area contributed by atoms with E-state index < -0.39 is 0 Å². The smallest absolute Gasteiger partial charge is 0 e. The van der Waals surface area contributed by atoms with Gasteiger partial charge in [0.15, 0.2) is 0 Å². The zero-order valence-electron chi connectivity index (χ0n) is 6.71. The summed E-state index contributed by atoms with van der Waals surface area (Å²) < 4.78 is 0. The first-order chi connectivity index (χ1) is 1.41. The molecule has 0 unspecified atom stereocenters. The molecule has 0 spiro atoms. The minimum absolute atomic E-state index is 0. The summed E-state index contributed by atoms with van der Waals surface area (Å²) in [5.74, 6) is 0. The fourth-order valence-electron chi connectivity index (χ4n) is 0. The van der Waals surface area contributed by atoms with E-state index in [0.29, 0.717) is 6.54 Å². The molecule has 0 saturated heterocycles. The zero-order valence-corrected chi connectivity index (χ0v) is 10.3. The maximum Gasteiger partial charge on any atom is 0 e. The summed E-state index contributed by atoms with van der Waals surface area (Å²) in [6.45, 7) is 2.29. The largest absolute Gasteiger partial charge is 0.678 e. The van der Waals surface area contributed by atoms with Gasteiger partial charge in [-0.25, -0.2) is 0 Å². The van der Waals surface area contributed by atoms with Crippen LogP contribution in [-0.4, -0.2) is 6.54 Å². The van der Waals surface area contributed by atoms with Crippen molar-refractivity contribution in [2.24, 2.45) is 0 Å². The van der Waals surface area contributed by atoms with Gasteiger partial charge >= 0.3 is 0 Å². The van der Waals surface area contributed by atoms with E-state index in [1.54, 1.807) is 6.92 Å². The second kappa shape index (κ2) is 109. The standard InChI is InChI=1S/C2H6N.4CH3.Hf/c1-2-3;;;;;/h3H,2H2,1H3;4*1H3;/q5*-1;. The summed E-state index contributed by atoms with van der Waals surface area (Å²) >= 11 is 0. The second-order valence-corrected chi connectivity index (χ2v) is 0.354. The number of nitrogens with one attached hydrogen (secondary N) is 1. The van der Waals surface area contributed by atoms with Crippen molar-refractivity contribution in [2.75, 3.05) is 6.54 Å². The summed E-state index contributed by atoms with van der Waals surface area (Å²) in [5, 5.41) is 0. The Bertz CT molecular complexity index is 8.49. The Balaban J connectivity index is -0.00000000200. The molecular weight excluding hydrogens is 265 g/mol. The molecule has 8 heavy (non-hydrogen) atoms. The van der Waals surface area contributed by atoms with Crippen LogP contribution in [0.2, 0.25) is 0 Å². The van der Waals surface area contributed by atoms with Crippen LogP contribution in [0.15, 0.2) is 0 Å². The minimum atomic E-state index is 0. The van der Waals surface area contributed by atoms with Crippen molar-refractivity contribution < 1.29 is 25.8 Å². The molecule has 2 heteroatoms. The molecule has 0 heterocycles. The van der Waals surface area contributed by atoms with E-state index in [-0.39, 0.29) is 55.5 Å². The SMILES string of the molecule is CC[NH-].[CH3-].[CH3-].[CH3-].[CH3-].[Hf]. The van der Waals surface area contributed by atoms with Crippen LogP contribution in [-0.2, 0) is 25.8 Å². The molecule has 0 aromatic rings. The van der Waals surface area contributed by atoms with Crippen molar-refractivity contribution in [3.63, 3.8) is 0 Å². The molecular formula is C6H18HfN-5. The van der Waals surface area contributed by atoms with Crippen LogP contribution in [0.5, 0.6) is 0 Å². The van der Waals surface area contributed by atoms with Gasteiger partial charge in [-0.1, -0.05) is 6.92 Å². The van der Waals surface area contributed by atoms with Gasteiger partial charge in [0.25, 0.3) is 0 Å². The maximum absolute atomic E-state index is 6.21. The third-order valence-electron chi connectivity index (χ3n) is 0. The van der Waals surface area contributed by atoms with Crippen LogP contribution in [0, 0.1) is 29.7 Å². The molecule has 0 bridgehead atoms. The Morgan fingerprint density at radius 3 is 1.00 bits per heavy atom. The van der Waals surface area contributed by atoms with E-state index in [4.69, 9.17) is 5.73 Å². The molecule has 0 saturated carbocycles. The summed E-state index contributed by atoms with van der Waals surface area (Å²) in [5.41, 5.74) is 6.21. The Hall–Kier alpha value is 0.830. The quantitative estimate of drug-likeness (QED) is 0.482. The molecule has 0 radical (unpaired) electrons. The van der Waals surface area contributed by atoms with Gasteiger partial charge < -0.3 is 35.4 Å². The molecule has 0 aromatic carbocycles. The van der Waals surface area contributed by atoms with Crippen molar-refractivity contribution in [2.45, 2.75) is 6.92 Å². The van der Waals surface area contributed by atoms with Crippen molar-refractivity contribution in [1.82, 2.24) is 0 Å². The molecule has 0 aliphatic heterocycles. The first kappa shape index (κ1) is 67.6. The fourth-order valence-corrected chi connectivity index (χ4v) is 0. The summed E-state index contributed by atoms with van der Waals surface area (Å²) in [4.78, 5) is 0. The van der Waals surface area contributed by atoms with Gasteiger partial charge in [0.05, 0.1) is 0 Å². The molecule has 1 nitrogen and oxygen atoms in total. The third-order valence-corrected chi connectivity index (χ3v) is 0. The molecule has 0 aliphatic carbocycles. The Morgan fingerprint density at radius 2 is 1.00 bits per heavy atom. The van der Waals surface area contributed by atoms with Gasteiger partial charge in [-0.3, -0.25) is 0 Å². The monoisotopic (exact) mass is 284 g/mol. The first-order valence-corrected chi connectivity index (χ1v) is 1.06. The van der Waals surface area contributed by atoms with Crippen LogP contribution < -0.4 is 0 Å². The van der Waals surface area contributed by atoms with E-state index >= 15 is 0 Å². The van der Waals surface area contributed by atoms with Gasteiger partial charge in [0.1, 0.15) is 0 Å². The Morgan fingerprint density at radius 1 is 1.00 bits per heavy atom. The Kier molecular flexibility index (Phi) is 921. The molecule has 1 N–H and O–H groups in total. The average molecular weight is 283 g/mol. The van der Waals surface area contributed by atoms with E-state index in [1.165, 1.54) is 0 Å². The van der Waals surface area contributed by atoms with Crippen molar-refractivity contribution in [3.05, 3.63) is 35.4 Å². The van der Waals surface area contributed by atoms with Gasteiger partial charge in [-0.2, -0.15) is 6.54 Å². The first-order valence-electron chi connectivity index (χ1n) is 1.06. The third kappa shape index (κ3) is 337. The van der Waals surface area contributed by atoms with Gasteiger partial charge in [-0.05, 0) is 0 Å². The summed E-state index contributed by atoms with van der Waals surface area (Å²) in [6, 6.07) is 0. The fraction of sp³-hybridized carbons (Fsp3) is 0.333. The molecule has 0 rings (SSSR count). The summed E-state index contributed by atoms with van der Waals surface area (Å²) in [6.07, 6.45) is 0. The van der Waals surface area contributed by atoms with Crippen LogP contribution in [0.3, 0.4) is 0 Å². The number of hydrogen-bond donors (Lipinski definition) is 0. The predicted octanol–water partition coefficient (Wildman–Crippen LogP) is 2.86. The van der Waals surface area contributed by atoms with Crippen LogP contribution >= 0.6 is 0 Å². The van der Waals surface area contributed by atoms with Crippen molar-refractivity contribution in [3.8, 4) is 0 Å². The number of rotatable bonds is 0. The van der Waals surface area contributed by atoms with E-state index in [1.807, 2.05) is 0 Å². The van der Waals surface area contributed by atoms with Crippen LogP contribution in [0.4, 0.5) is 0 Å². The average Bonchev–Trinajstić information content (AvgIpc) is 0.918. The van der Waals surface area contributed by atoms with Crippen LogP contribution in [0.1, 0.15) is 6.92 Å². The second-order valence-electron chi connectivity index (χ2n) is 0.354. The molecule has 0 atom stereocenters. The van der Waals surface area contributed by atoms with E-state index in [0.717, 1.165) is 0 Å². The van der Waals surface area contributed by atoms with Crippen molar-refractivity contribution in [1.29, 1.82) is 0 Å². The summed E-state index contributed by atoms with van der Waals surface area (Å²) in [7, 11) is 0. The predicted molar refractivity (Wildman–Crippen MR) is 40.5 cm³/mol. The van der Waals surface area contributed by atoms with Crippen molar-refractivity contribution >= 4 is 0 Å². The molecule has 56 valence electrons. The normalized spacial score (nSPS) is 2.25. The molecule has 0 aromatic heterocycles. The van der Waals surface area contributed by atoms with Gasteiger partial charge in [0, 0.05) is 25.8 Å². The zero-order chi connectivity index (χ0) is 2.71. The minimum Gasteiger partial charge on any atom is -0.678 e. The number of hydrogen-bond acceptors (Lipinski definition) is 0. The molecule has 0 fully saturated rings. The molecule has 0 amide bonds. The van der Waals surface area contributed by atoms with E-state index in [2.05, 4.69) is 0 Å². The Labute approximate surface area is 74.8 Å². The van der Waals surface area contributed by atoms with Gasteiger partial charge in [-0.15, -0.1) is 0 Å². The topological polar surface area (TPSA) is 23.8 Å².